The number of hydrogen-bond acceptors (Lipinski definition) is 4. The molecule has 1 heterocycles. The van der Waals surface area contributed by atoms with Gasteiger partial charge in [0.05, 0.1) is 4.92 Å². The van der Waals surface area contributed by atoms with Gasteiger partial charge in [0.25, 0.3) is 5.69 Å². The van der Waals surface area contributed by atoms with E-state index in [9.17, 15) is 10.1 Å². The quantitative estimate of drug-likeness (QED) is 0.599. The maximum absolute atomic E-state index is 10.5. The van der Waals surface area contributed by atoms with E-state index in [0.29, 0.717) is 5.82 Å². The van der Waals surface area contributed by atoms with Gasteiger partial charge in [-0.3, -0.25) is 10.1 Å². The lowest BCUT2D eigenvalue weighted by Crippen LogP contribution is -2.10. The predicted molar refractivity (Wildman–Crippen MR) is 65.4 cm³/mol. The first-order valence-electron chi connectivity index (χ1n) is 5.08. The van der Waals surface area contributed by atoms with E-state index in [0.717, 1.165) is 5.69 Å². The largest absolute Gasteiger partial charge is 0.329 e. The summed E-state index contributed by atoms with van der Waals surface area (Å²) < 4.78 is 0. The molecule has 2 rings (SSSR count). The van der Waals surface area contributed by atoms with Crippen LogP contribution in [0.4, 0.5) is 17.2 Å². The standard InChI is InChI=1S/C12H11N3O2/c1-14(10-5-3-2-4-6-10)12-8-7-11(9-13-12)15(16)17/h2-9H,1H3. The molecule has 0 spiro atoms. The summed E-state index contributed by atoms with van der Waals surface area (Å²) in [7, 11) is 1.86. The van der Waals surface area contributed by atoms with Crippen LogP contribution in [0.1, 0.15) is 0 Å². The maximum atomic E-state index is 10.5. The van der Waals surface area contributed by atoms with Gasteiger partial charge in [-0.2, -0.15) is 0 Å². The molecule has 86 valence electrons. The Morgan fingerprint density at radius 3 is 2.41 bits per heavy atom. The van der Waals surface area contributed by atoms with Gasteiger partial charge in [0.1, 0.15) is 12.0 Å². The van der Waals surface area contributed by atoms with E-state index in [-0.39, 0.29) is 5.69 Å². The van der Waals surface area contributed by atoms with Gasteiger partial charge in [-0.25, -0.2) is 4.98 Å². The topological polar surface area (TPSA) is 59.3 Å². The first-order chi connectivity index (χ1) is 8.18. The lowest BCUT2D eigenvalue weighted by molar-refractivity contribution is -0.385. The van der Waals surface area contributed by atoms with Crippen LogP contribution in [0.5, 0.6) is 0 Å². The molecule has 0 unspecified atom stereocenters. The van der Waals surface area contributed by atoms with Gasteiger partial charge >= 0.3 is 0 Å². The maximum Gasteiger partial charge on any atom is 0.287 e. The van der Waals surface area contributed by atoms with E-state index in [4.69, 9.17) is 0 Å². The summed E-state index contributed by atoms with van der Waals surface area (Å²) >= 11 is 0. The highest BCUT2D eigenvalue weighted by molar-refractivity contribution is 5.59. The van der Waals surface area contributed by atoms with E-state index in [1.807, 2.05) is 42.3 Å². The Labute approximate surface area is 98.5 Å². The molecule has 0 atom stereocenters. The Morgan fingerprint density at radius 1 is 1.18 bits per heavy atom. The summed E-state index contributed by atoms with van der Waals surface area (Å²) in [4.78, 5) is 16.0. The van der Waals surface area contributed by atoms with E-state index in [2.05, 4.69) is 4.98 Å². The van der Waals surface area contributed by atoms with Crippen molar-refractivity contribution in [2.24, 2.45) is 0 Å². The molecule has 5 nitrogen and oxygen atoms in total. The van der Waals surface area contributed by atoms with Crippen molar-refractivity contribution in [3.05, 3.63) is 58.8 Å². The molecule has 0 fully saturated rings. The minimum atomic E-state index is -0.459. The predicted octanol–water partition coefficient (Wildman–Crippen LogP) is 2.76. The van der Waals surface area contributed by atoms with Gasteiger partial charge in [0, 0.05) is 18.8 Å². The number of pyridine rings is 1. The van der Waals surface area contributed by atoms with Crippen LogP contribution in [0.15, 0.2) is 48.7 Å². The van der Waals surface area contributed by atoms with Crippen LogP contribution in [0, 0.1) is 10.1 Å². The molecule has 0 aliphatic heterocycles. The van der Waals surface area contributed by atoms with Crippen LogP contribution in [-0.2, 0) is 0 Å². The van der Waals surface area contributed by atoms with Crippen LogP contribution in [0.25, 0.3) is 0 Å². The van der Waals surface area contributed by atoms with Gasteiger partial charge in [0.2, 0.25) is 0 Å². The van der Waals surface area contributed by atoms with Crippen molar-refractivity contribution >= 4 is 17.2 Å². The van der Waals surface area contributed by atoms with E-state index in [1.165, 1.54) is 12.3 Å². The molecular weight excluding hydrogens is 218 g/mol. The van der Waals surface area contributed by atoms with E-state index in [1.54, 1.807) is 6.07 Å². The Balaban J connectivity index is 2.26. The zero-order chi connectivity index (χ0) is 12.3. The monoisotopic (exact) mass is 229 g/mol. The Hall–Kier alpha value is -2.43. The first kappa shape index (κ1) is 11.1. The number of aromatic nitrogens is 1. The molecule has 0 N–H and O–H groups in total. The molecule has 0 saturated carbocycles. The molecule has 0 aliphatic carbocycles. The summed E-state index contributed by atoms with van der Waals surface area (Å²) in [6.07, 6.45) is 1.26. The number of rotatable bonds is 3. The van der Waals surface area contributed by atoms with Gasteiger partial charge in [-0.15, -0.1) is 0 Å². The van der Waals surface area contributed by atoms with Crippen LogP contribution < -0.4 is 4.90 Å². The van der Waals surface area contributed by atoms with Gasteiger partial charge in [0.15, 0.2) is 0 Å². The zero-order valence-corrected chi connectivity index (χ0v) is 9.28. The molecule has 1 aromatic heterocycles. The second-order valence-electron chi connectivity index (χ2n) is 3.53. The minimum Gasteiger partial charge on any atom is -0.329 e. The molecule has 2 aromatic rings. The Kier molecular flexibility index (Phi) is 3.00. The van der Waals surface area contributed by atoms with Crippen molar-refractivity contribution in [2.45, 2.75) is 0 Å². The van der Waals surface area contributed by atoms with Crippen molar-refractivity contribution in [3.8, 4) is 0 Å². The van der Waals surface area contributed by atoms with Crippen molar-refractivity contribution < 1.29 is 4.92 Å². The van der Waals surface area contributed by atoms with Crippen molar-refractivity contribution in [3.63, 3.8) is 0 Å². The highest BCUT2D eigenvalue weighted by atomic mass is 16.6. The highest BCUT2D eigenvalue weighted by Crippen LogP contribution is 2.22. The van der Waals surface area contributed by atoms with Crippen molar-refractivity contribution in [1.82, 2.24) is 4.98 Å². The Bertz CT molecular complexity index is 511. The van der Waals surface area contributed by atoms with Crippen LogP contribution in [0.2, 0.25) is 0 Å². The second kappa shape index (κ2) is 4.61. The number of benzene rings is 1. The van der Waals surface area contributed by atoms with Crippen molar-refractivity contribution in [1.29, 1.82) is 0 Å². The number of hydrogen-bond donors (Lipinski definition) is 0. The molecule has 1 aromatic carbocycles. The Morgan fingerprint density at radius 2 is 1.88 bits per heavy atom. The van der Waals surface area contributed by atoms with E-state index < -0.39 is 4.92 Å². The average molecular weight is 229 g/mol. The molecule has 0 aliphatic rings. The van der Waals surface area contributed by atoms with Crippen LogP contribution in [0.3, 0.4) is 0 Å². The molecule has 0 bridgehead atoms. The SMILES string of the molecule is CN(c1ccccc1)c1ccc([N+](=O)[O-])cn1. The number of para-hydroxylation sites is 1. The fourth-order valence-corrected chi connectivity index (χ4v) is 1.47. The number of nitro groups is 1. The summed E-state index contributed by atoms with van der Waals surface area (Å²) in [5.41, 5.74) is 0.976. The van der Waals surface area contributed by atoms with Crippen LogP contribution >= 0.6 is 0 Å². The molecule has 0 amide bonds. The first-order valence-corrected chi connectivity index (χ1v) is 5.08. The third-order valence-electron chi connectivity index (χ3n) is 2.43. The smallest absolute Gasteiger partial charge is 0.287 e. The van der Waals surface area contributed by atoms with Crippen LogP contribution in [-0.4, -0.2) is 17.0 Å². The molecule has 0 saturated heterocycles. The van der Waals surface area contributed by atoms with Crippen molar-refractivity contribution in [2.75, 3.05) is 11.9 Å². The minimum absolute atomic E-state index is 0.00443. The average Bonchev–Trinajstić information content (AvgIpc) is 2.39. The lowest BCUT2D eigenvalue weighted by atomic mass is 10.3. The summed E-state index contributed by atoms with van der Waals surface area (Å²) in [6.45, 7) is 0. The molecular formula is C12H11N3O2. The second-order valence-corrected chi connectivity index (χ2v) is 3.53. The van der Waals surface area contributed by atoms with E-state index >= 15 is 0 Å². The fraction of sp³-hybridized carbons (Fsp3) is 0.0833. The molecule has 5 heteroatoms. The third-order valence-corrected chi connectivity index (χ3v) is 2.43. The summed E-state index contributed by atoms with van der Waals surface area (Å²) in [5.74, 6) is 0.668. The fourth-order valence-electron chi connectivity index (χ4n) is 1.47. The highest BCUT2D eigenvalue weighted by Gasteiger charge is 2.08. The third kappa shape index (κ3) is 2.39. The van der Waals surface area contributed by atoms with Gasteiger partial charge < -0.3 is 4.90 Å². The molecule has 17 heavy (non-hydrogen) atoms. The summed E-state index contributed by atoms with van der Waals surface area (Å²) in [5, 5.41) is 10.5. The van der Waals surface area contributed by atoms with Gasteiger partial charge in [-0.1, -0.05) is 18.2 Å². The summed E-state index contributed by atoms with van der Waals surface area (Å²) in [6, 6.07) is 12.8. The normalized spacial score (nSPS) is 9.94. The number of nitrogens with zero attached hydrogens (tertiary/aromatic N) is 3. The number of anilines is 2. The van der Waals surface area contributed by atoms with Gasteiger partial charge in [-0.05, 0) is 18.2 Å². The lowest BCUT2D eigenvalue weighted by Gasteiger charge is -2.17. The zero-order valence-electron chi connectivity index (χ0n) is 9.28. The molecule has 0 radical (unpaired) electrons.